The van der Waals surface area contributed by atoms with Crippen molar-refractivity contribution in [2.24, 2.45) is 0 Å². The summed E-state index contributed by atoms with van der Waals surface area (Å²) in [4.78, 5) is 31.5. The van der Waals surface area contributed by atoms with Gasteiger partial charge in [-0.1, -0.05) is 0 Å². The summed E-state index contributed by atoms with van der Waals surface area (Å²) in [5.74, 6) is 1.19. The number of ether oxygens (including phenoxy) is 2. The fourth-order valence-corrected chi connectivity index (χ4v) is 3.89. The number of esters is 1. The molecule has 0 saturated carbocycles. The van der Waals surface area contributed by atoms with Crippen molar-refractivity contribution in [3.05, 3.63) is 35.9 Å². The van der Waals surface area contributed by atoms with Crippen molar-refractivity contribution in [3.8, 4) is 5.88 Å². The number of rotatable bonds is 6. The summed E-state index contributed by atoms with van der Waals surface area (Å²) in [5, 5.41) is 2.24. The first-order valence-electron chi connectivity index (χ1n) is 7.29. The molecule has 0 saturated heterocycles. The van der Waals surface area contributed by atoms with Gasteiger partial charge in [0.05, 0.1) is 0 Å². The van der Waals surface area contributed by atoms with Crippen molar-refractivity contribution >= 4 is 47.5 Å². The Hall–Kier alpha value is -2.69. The van der Waals surface area contributed by atoms with Gasteiger partial charge in [-0.25, -0.2) is 0 Å². The zero-order chi connectivity index (χ0) is 20.0. The second-order valence-corrected chi connectivity index (χ2v) is 8.21. The van der Waals surface area contributed by atoms with E-state index in [2.05, 4.69) is 20.0 Å². The third-order valence-electron chi connectivity index (χ3n) is 3.13. The Morgan fingerprint density at radius 1 is 1.15 bits per heavy atom. The second-order valence-electron chi connectivity index (χ2n) is 4.82. The Kier molecular flexibility index (Phi) is 6.72. The van der Waals surface area contributed by atoms with Crippen LogP contribution in [-0.2, 0) is 14.8 Å². The van der Waals surface area contributed by atoms with Gasteiger partial charge in [-0.3, -0.25) is 0 Å². The topological polar surface area (TPSA) is 137 Å². The molecule has 2 rings (SSSR count). The Balaban J connectivity index is 2.24. The fraction of sp³-hybridized carbons (Fsp3) is 0.200. The van der Waals surface area contributed by atoms with E-state index in [1.165, 1.54) is 31.4 Å². The summed E-state index contributed by atoms with van der Waals surface area (Å²) in [6.07, 6.45) is 0. The molecule has 0 atom stereocenters. The number of nitrogens with one attached hydrogen (secondary N) is 2. The van der Waals surface area contributed by atoms with E-state index in [0.717, 1.165) is 7.11 Å². The minimum atomic E-state index is -4.34. The van der Waals surface area contributed by atoms with E-state index in [1.54, 1.807) is 6.07 Å². The van der Waals surface area contributed by atoms with Crippen LogP contribution in [0.2, 0.25) is 5.82 Å². The van der Waals surface area contributed by atoms with E-state index in [1.807, 2.05) is 10.5 Å². The van der Waals surface area contributed by atoms with Crippen LogP contribution < -0.4 is 19.4 Å². The summed E-state index contributed by atoms with van der Waals surface area (Å²) in [7, 11) is -1.81. The van der Waals surface area contributed by atoms with Crippen molar-refractivity contribution in [1.82, 2.24) is 14.7 Å². The number of anilines is 1. The molecule has 10 nitrogen and oxygen atoms in total. The average Bonchev–Trinajstić information content (AvgIpc) is 2.66. The van der Waals surface area contributed by atoms with Crippen LogP contribution in [-0.4, -0.2) is 59.6 Å². The van der Waals surface area contributed by atoms with Crippen molar-refractivity contribution in [2.45, 2.75) is 10.7 Å². The van der Waals surface area contributed by atoms with Crippen LogP contribution in [0.1, 0.15) is 10.4 Å². The first kappa shape index (κ1) is 20.6. The number of aromatic nitrogens is 2. The first-order chi connectivity index (χ1) is 12.8. The predicted octanol–water partition coefficient (Wildman–Crippen LogP) is 0.160. The Bertz CT molecular complexity index is 944. The molecule has 144 valence electrons. The normalized spacial score (nSPS) is 10.8. The molecule has 2 aromatic rings. The SMILES string of the molecule is COC(=O)c1ccccc1S(=O)(=O)NC(=O)Nc1nc(OC)cc([Se]C)n1. The summed E-state index contributed by atoms with van der Waals surface area (Å²) in [6, 6.07) is 5.88. The number of carbonyl (C=O) groups is 2. The van der Waals surface area contributed by atoms with Crippen molar-refractivity contribution in [3.63, 3.8) is 0 Å². The number of carbonyl (C=O) groups excluding carboxylic acids is 2. The molecule has 0 bridgehead atoms. The molecule has 0 aliphatic heterocycles. The van der Waals surface area contributed by atoms with Gasteiger partial charge in [0.15, 0.2) is 0 Å². The number of sulfonamides is 1. The van der Waals surface area contributed by atoms with E-state index in [9.17, 15) is 18.0 Å². The molecule has 0 unspecified atom stereocenters. The van der Waals surface area contributed by atoms with Gasteiger partial charge in [0.25, 0.3) is 0 Å². The van der Waals surface area contributed by atoms with Gasteiger partial charge in [-0.15, -0.1) is 0 Å². The van der Waals surface area contributed by atoms with Crippen LogP contribution in [0, 0.1) is 0 Å². The molecular weight excluding hydrogens is 443 g/mol. The van der Waals surface area contributed by atoms with Gasteiger partial charge in [-0.2, -0.15) is 0 Å². The Labute approximate surface area is 161 Å². The molecule has 2 amide bonds. The van der Waals surface area contributed by atoms with Crippen molar-refractivity contribution < 1.29 is 27.5 Å². The molecular formula is C15H16N4O6SSe. The van der Waals surface area contributed by atoms with Crippen LogP contribution in [0.25, 0.3) is 0 Å². The van der Waals surface area contributed by atoms with Crippen LogP contribution in [0.15, 0.2) is 35.2 Å². The molecule has 12 heteroatoms. The van der Waals surface area contributed by atoms with E-state index in [-0.39, 0.29) is 32.3 Å². The molecule has 0 radical (unpaired) electrons. The number of benzene rings is 1. The number of hydrogen-bond acceptors (Lipinski definition) is 8. The number of nitrogens with zero attached hydrogens (tertiary/aromatic N) is 2. The average molecular weight is 459 g/mol. The Morgan fingerprint density at radius 2 is 1.85 bits per heavy atom. The van der Waals surface area contributed by atoms with Crippen molar-refractivity contribution in [2.75, 3.05) is 19.5 Å². The van der Waals surface area contributed by atoms with Gasteiger partial charge in [0.2, 0.25) is 0 Å². The van der Waals surface area contributed by atoms with Gasteiger partial charge in [0.1, 0.15) is 0 Å². The quantitative estimate of drug-likeness (QED) is 0.461. The molecule has 0 fully saturated rings. The maximum absolute atomic E-state index is 12.5. The van der Waals surface area contributed by atoms with Gasteiger partial charge >= 0.3 is 162 Å². The maximum atomic E-state index is 12.5. The van der Waals surface area contributed by atoms with Crippen LogP contribution in [0.5, 0.6) is 5.88 Å². The minimum absolute atomic E-state index is 0.00859. The first-order valence-corrected chi connectivity index (χ1v) is 11.3. The van der Waals surface area contributed by atoms with Crippen LogP contribution in [0.3, 0.4) is 0 Å². The molecule has 27 heavy (non-hydrogen) atoms. The number of hydrogen-bond donors (Lipinski definition) is 2. The number of methoxy groups -OCH3 is 2. The van der Waals surface area contributed by atoms with Crippen LogP contribution >= 0.6 is 0 Å². The third kappa shape index (κ3) is 5.16. The standard InChI is InChI=1S/C15H16N4O6SSe/c1-24-11-8-12(27-3)17-14(16-11)18-15(21)19-26(22,23)10-7-5-4-6-9(10)13(20)25-2/h4-8H,1-3H3,(H2,16,17,18,19,21). The van der Waals surface area contributed by atoms with Gasteiger partial charge in [-0.05, 0) is 0 Å². The van der Waals surface area contributed by atoms with Crippen molar-refractivity contribution in [1.29, 1.82) is 0 Å². The molecule has 0 aliphatic carbocycles. The zero-order valence-electron chi connectivity index (χ0n) is 14.5. The van der Waals surface area contributed by atoms with E-state index in [0.29, 0.717) is 4.59 Å². The van der Waals surface area contributed by atoms with E-state index in [4.69, 9.17) is 4.74 Å². The van der Waals surface area contributed by atoms with Gasteiger partial charge < -0.3 is 0 Å². The second kappa shape index (κ2) is 8.80. The molecule has 1 heterocycles. The molecule has 1 aromatic carbocycles. The molecule has 0 spiro atoms. The summed E-state index contributed by atoms with van der Waals surface area (Å²) in [5.41, 5.74) is -0.200. The Morgan fingerprint density at radius 3 is 2.48 bits per heavy atom. The molecule has 2 N–H and O–H groups in total. The molecule has 0 aliphatic rings. The summed E-state index contributed by atoms with van der Waals surface area (Å²) in [6.45, 7) is 0. The fourth-order valence-electron chi connectivity index (χ4n) is 1.95. The third-order valence-corrected chi connectivity index (χ3v) is 5.84. The van der Waals surface area contributed by atoms with Gasteiger partial charge in [0, 0.05) is 0 Å². The predicted molar refractivity (Wildman–Crippen MR) is 97.0 cm³/mol. The van der Waals surface area contributed by atoms with E-state index < -0.39 is 26.9 Å². The van der Waals surface area contributed by atoms with Crippen LogP contribution in [0.4, 0.5) is 10.7 Å². The number of urea groups is 1. The molecule has 1 aromatic heterocycles. The summed E-state index contributed by atoms with van der Waals surface area (Å²) >= 11 is 0.00859. The van der Waals surface area contributed by atoms with E-state index >= 15 is 0 Å². The monoisotopic (exact) mass is 460 g/mol. The number of amides is 2. The zero-order valence-corrected chi connectivity index (χ0v) is 17.1. The summed E-state index contributed by atoms with van der Waals surface area (Å²) < 4.78 is 37.0.